The van der Waals surface area contributed by atoms with Gasteiger partial charge in [0.15, 0.2) is 6.61 Å². The van der Waals surface area contributed by atoms with E-state index < -0.39 is 6.04 Å². The zero-order valence-corrected chi connectivity index (χ0v) is 19.5. The number of aryl methyl sites for hydroxylation is 2. The monoisotopic (exact) mass is 424 g/mol. The van der Waals surface area contributed by atoms with Crippen molar-refractivity contribution in [3.8, 4) is 5.75 Å². The zero-order valence-electron chi connectivity index (χ0n) is 19.5. The SMILES string of the molecule is CCC(C(=O)NCC(C)C)N(CCc1ccccc1)C(=O)COc1cc(C)cc(C)c1. The Balaban J connectivity index is 2.13. The minimum Gasteiger partial charge on any atom is -0.484 e. The molecule has 0 radical (unpaired) electrons. The summed E-state index contributed by atoms with van der Waals surface area (Å²) in [6, 6.07) is 15.4. The molecule has 0 spiro atoms. The zero-order chi connectivity index (χ0) is 22.8. The van der Waals surface area contributed by atoms with Gasteiger partial charge in [-0.05, 0) is 61.4 Å². The van der Waals surface area contributed by atoms with Crippen LogP contribution in [0, 0.1) is 19.8 Å². The van der Waals surface area contributed by atoms with Crippen molar-refractivity contribution in [1.29, 1.82) is 0 Å². The largest absolute Gasteiger partial charge is 0.484 e. The Kier molecular flexibility index (Phi) is 9.57. The van der Waals surface area contributed by atoms with E-state index in [-0.39, 0.29) is 18.4 Å². The summed E-state index contributed by atoms with van der Waals surface area (Å²) in [4.78, 5) is 27.7. The number of rotatable bonds is 11. The molecular formula is C26H36N2O3. The van der Waals surface area contributed by atoms with Gasteiger partial charge >= 0.3 is 0 Å². The second kappa shape index (κ2) is 12.1. The third-order valence-corrected chi connectivity index (χ3v) is 5.11. The Labute approximate surface area is 186 Å². The van der Waals surface area contributed by atoms with Gasteiger partial charge < -0.3 is 15.0 Å². The number of nitrogens with one attached hydrogen (secondary N) is 1. The van der Waals surface area contributed by atoms with Gasteiger partial charge in [0.05, 0.1) is 0 Å². The lowest BCUT2D eigenvalue weighted by Gasteiger charge is -2.30. The molecule has 2 aromatic carbocycles. The van der Waals surface area contributed by atoms with Gasteiger partial charge in [0.1, 0.15) is 11.8 Å². The molecule has 1 N–H and O–H groups in total. The molecule has 168 valence electrons. The van der Waals surface area contributed by atoms with E-state index in [0.717, 1.165) is 16.7 Å². The lowest BCUT2D eigenvalue weighted by molar-refractivity contribution is -0.142. The van der Waals surface area contributed by atoms with E-state index in [1.165, 1.54) is 0 Å². The van der Waals surface area contributed by atoms with Crippen molar-refractivity contribution in [3.63, 3.8) is 0 Å². The van der Waals surface area contributed by atoms with E-state index in [1.807, 2.05) is 63.2 Å². The highest BCUT2D eigenvalue weighted by Crippen LogP contribution is 2.17. The van der Waals surface area contributed by atoms with E-state index in [2.05, 4.69) is 25.2 Å². The van der Waals surface area contributed by atoms with E-state index in [4.69, 9.17) is 4.74 Å². The molecule has 2 aromatic rings. The molecule has 2 rings (SSSR count). The molecule has 31 heavy (non-hydrogen) atoms. The molecule has 0 bridgehead atoms. The molecule has 0 aromatic heterocycles. The Morgan fingerprint density at radius 3 is 2.26 bits per heavy atom. The normalized spacial score (nSPS) is 11.8. The Hall–Kier alpha value is -2.82. The standard InChI is InChI=1S/C26H36N2O3/c1-6-24(26(30)27-17-19(2)3)28(13-12-22-10-8-7-9-11-22)25(29)18-31-23-15-20(4)14-21(5)16-23/h7-11,14-16,19,24H,6,12-13,17-18H2,1-5H3,(H,27,30). The molecule has 5 heteroatoms. The van der Waals surface area contributed by atoms with Crippen LogP contribution in [0.2, 0.25) is 0 Å². The first-order chi connectivity index (χ1) is 14.8. The fourth-order valence-electron chi connectivity index (χ4n) is 3.56. The summed E-state index contributed by atoms with van der Waals surface area (Å²) >= 11 is 0. The first-order valence-electron chi connectivity index (χ1n) is 11.1. The highest BCUT2D eigenvalue weighted by atomic mass is 16.5. The number of benzene rings is 2. The van der Waals surface area contributed by atoms with E-state index in [0.29, 0.717) is 37.6 Å². The summed E-state index contributed by atoms with van der Waals surface area (Å²) in [6.45, 7) is 11.0. The second-order valence-electron chi connectivity index (χ2n) is 8.50. The molecular weight excluding hydrogens is 388 g/mol. The van der Waals surface area contributed by atoms with Crippen LogP contribution in [0.1, 0.15) is 43.9 Å². The van der Waals surface area contributed by atoms with Crippen molar-refractivity contribution in [1.82, 2.24) is 10.2 Å². The molecule has 1 unspecified atom stereocenters. The molecule has 5 nitrogen and oxygen atoms in total. The Bertz CT molecular complexity index is 829. The summed E-state index contributed by atoms with van der Waals surface area (Å²) in [7, 11) is 0. The summed E-state index contributed by atoms with van der Waals surface area (Å²) in [5.74, 6) is 0.736. The van der Waals surface area contributed by atoms with E-state index in [9.17, 15) is 9.59 Å². The molecule has 0 aliphatic heterocycles. The third kappa shape index (κ3) is 8.08. The molecule has 0 fully saturated rings. The fourth-order valence-corrected chi connectivity index (χ4v) is 3.56. The molecule has 0 aliphatic rings. The van der Waals surface area contributed by atoms with Crippen LogP contribution in [0.25, 0.3) is 0 Å². The number of amides is 2. The first-order valence-corrected chi connectivity index (χ1v) is 11.1. The molecule has 0 heterocycles. The maximum Gasteiger partial charge on any atom is 0.261 e. The molecule has 2 amide bonds. The van der Waals surface area contributed by atoms with Crippen molar-refractivity contribution in [2.24, 2.45) is 5.92 Å². The van der Waals surface area contributed by atoms with Gasteiger partial charge in [-0.25, -0.2) is 0 Å². The van der Waals surface area contributed by atoms with Crippen molar-refractivity contribution < 1.29 is 14.3 Å². The lowest BCUT2D eigenvalue weighted by Crippen LogP contribution is -2.51. The predicted molar refractivity (Wildman–Crippen MR) is 125 cm³/mol. The van der Waals surface area contributed by atoms with Crippen LogP contribution >= 0.6 is 0 Å². The van der Waals surface area contributed by atoms with Crippen LogP contribution in [-0.2, 0) is 16.0 Å². The average Bonchev–Trinajstić information content (AvgIpc) is 2.73. The number of nitrogens with zero attached hydrogens (tertiary/aromatic N) is 1. The lowest BCUT2D eigenvalue weighted by atomic mass is 10.1. The highest BCUT2D eigenvalue weighted by molar-refractivity contribution is 5.88. The minimum atomic E-state index is -0.516. The van der Waals surface area contributed by atoms with Gasteiger partial charge in [0.2, 0.25) is 5.91 Å². The Morgan fingerprint density at radius 2 is 1.68 bits per heavy atom. The van der Waals surface area contributed by atoms with Crippen molar-refractivity contribution in [3.05, 3.63) is 65.2 Å². The highest BCUT2D eigenvalue weighted by Gasteiger charge is 2.28. The number of carbonyl (C=O) groups is 2. The van der Waals surface area contributed by atoms with Crippen LogP contribution in [0.15, 0.2) is 48.5 Å². The van der Waals surface area contributed by atoms with Crippen molar-refractivity contribution >= 4 is 11.8 Å². The fraction of sp³-hybridized carbons (Fsp3) is 0.462. The third-order valence-electron chi connectivity index (χ3n) is 5.11. The minimum absolute atomic E-state index is 0.0916. The second-order valence-corrected chi connectivity index (χ2v) is 8.50. The van der Waals surface area contributed by atoms with E-state index in [1.54, 1.807) is 4.90 Å². The first kappa shape index (κ1) is 24.4. The van der Waals surface area contributed by atoms with Gasteiger partial charge in [-0.1, -0.05) is 57.2 Å². The summed E-state index contributed by atoms with van der Waals surface area (Å²) in [5, 5.41) is 2.98. The number of ether oxygens (including phenoxy) is 1. The average molecular weight is 425 g/mol. The van der Waals surface area contributed by atoms with Crippen LogP contribution in [0.4, 0.5) is 0 Å². The van der Waals surface area contributed by atoms with Crippen LogP contribution in [-0.4, -0.2) is 42.5 Å². The quantitative estimate of drug-likeness (QED) is 0.585. The van der Waals surface area contributed by atoms with Crippen molar-refractivity contribution in [2.75, 3.05) is 19.7 Å². The van der Waals surface area contributed by atoms with Crippen LogP contribution in [0.5, 0.6) is 5.75 Å². The van der Waals surface area contributed by atoms with Gasteiger partial charge in [-0.15, -0.1) is 0 Å². The molecule has 0 aliphatic carbocycles. The van der Waals surface area contributed by atoms with Crippen LogP contribution < -0.4 is 10.1 Å². The topological polar surface area (TPSA) is 58.6 Å². The smallest absolute Gasteiger partial charge is 0.261 e. The van der Waals surface area contributed by atoms with Gasteiger partial charge in [-0.2, -0.15) is 0 Å². The maximum atomic E-state index is 13.2. The summed E-state index contributed by atoms with van der Waals surface area (Å²) in [5.41, 5.74) is 3.30. The van der Waals surface area contributed by atoms with Crippen LogP contribution in [0.3, 0.4) is 0 Å². The molecule has 1 atom stereocenters. The number of carbonyl (C=O) groups excluding carboxylic acids is 2. The number of hydrogen-bond donors (Lipinski definition) is 1. The summed E-state index contributed by atoms with van der Waals surface area (Å²) < 4.78 is 5.81. The van der Waals surface area contributed by atoms with Gasteiger partial charge in [0, 0.05) is 13.1 Å². The molecule has 0 saturated heterocycles. The summed E-state index contributed by atoms with van der Waals surface area (Å²) in [6.07, 6.45) is 1.23. The predicted octanol–water partition coefficient (Wildman–Crippen LogP) is 4.30. The number of hydrogen-bond acceptors (Lipinski definition) is 3. The van der Waals surface area contributed by atoms with Gasteiger partial charge in [-0.3, -0.25) is 9.59 Å². The van der Waals surface area contributed by atoms with Crippen molar-refractivity contribution in [2.45, 2.75) is 53.5 Å². The maximum absolute atomic E-state index is 13.2. The Morgan fingerprint density at radius 1 is 1.03 bits per heavy atom. The van der Waals surface area contributed by atoms with E-state index >= 15 is 0 Å². The van der Waals surface area contributed by atoms with Gasteiger partial charge in [0.25, 0.3) is 5.91 Å². The molecule has 0 saturated carbocycles.